The van der Waals surface area contributed by atoms with Crippen LogP contribution in [0.5, 0.6) is 0 Å². The van der Waals surface area contributed by atoms with Crippen LogP contribution in [0.1, 0.15) is 62.8 Å². The molecule has 4 aromatic rings. The van der Waals surface area contributed by atoms with Gasteiger partial charge in [0.1, 0.15) is 0 Å². The molecule has 7 heteroatoms. The van der Waals surface area contributed by atoms with Gasteiger partial charge < -0.3 is 9.80 Å². The average molecular weight is 755 g/mol. The van der Waals surface area contributed by atoms with Gasteiger partial charge in [-0.2, -0.15) is 24.3 Å². The fourth-order valence-corrected chi connectivity index (χ4v) is 5.34. The number of benzene rings is 4. The monoisotopic (exact) mass is 754 g/mol. The molecule has 53 heavy (non-hydrogen) atoms. The van der Waals surface area contributed by atoms with Crippen molar-refractivity contribution >= 4 is 11.4 Å². The van der Waals surface area contributed by atoms with Crippen LogP contribution in [0, 0.1) is 61.4 Å². The van der Waals surface area contributed by atoms with Gasteiger partial charge in [-0.1, -0.05) is 48.2 Å². The van der Waals surface area contributed by atoms with Crippen LogP contribution < -0.4 is 9.80 Å². The third-order valence-corrected chi connectivity index (χ3v) is 8.28. The average Bonchev–Trinajstić information content (AvgIpc) is 3.89. The summed E-state index contributed by atoms with van der Waals surface area (Å²) in [6.07, 6.45) is 21.0. The van der Waals surface area contributed by atoms with E-state index in [0.717, 1.165) is 24.2 Å². The predicted molar refractivity (Wildman–Crippen MR) is 208 cm³/mol. The fraction of sp³-hybridized carbons (Fsp3) is 0.304. The smallest absolute Gasteiger partial charge is 0.370 e. The first-order valence-electron chi connectivity index (χ1n) is 17.8. The third-order valence-electron chi connectivity index (χ3n) is 8.28. The molecule has 0 fully saturated rings. The van der Waals surface area contributed by atoms with Crippen LogP contribution in [0.2, 0.25) is 0 Å². The first-order chi connectivity index (χ1) is 24.9. The molecule has 0 atom stereocenters. The molecular weight excluding hydrogens is 704 g/mol. The maximum atomic E-state index is 13.6. The van der Waals surface area contributed by atoms with Crippen molar-refractivity contribution in [2.75, 3.05) is 22.9 Å². The predicted octanol–water partition coefficient (Wildman–Crippen LogP) is 11.7. The zero-order valence-electron chi connectivity index (χ0n) is 31.7. The van der Waals surface area contributed by atoms with Crippen molar-refractivity contribution in [3.63, 3.8) is 0 Å². The Hall–Kier alpha value is -4.13. The van der Waals surface area contributed by atoms with Gasteiger partial charge >= 0.3 is 21.7 Å². The summed E-state index contributed by atoms with van der Waals surface area (Å²) in [5.74, 6) is -2.50. The fourth-order valence-electron chi connectivity index (χ4n) is 5.34. The van der Waals surface area contributed by atoms with Crippen LogP contribution in [0.25, 0.3) is 0 Å². The van der Waals surface area contributed by atoms with Crippen molar-refractivity contribution < 1.29 is 39.3 Å². The van der Waals surface area contributed by atoms with Gasteiger partial charge in [0.05, 0.1) is 0 Å². The number of halogens is 4. The Morgan fingerprint density at radius 2 is 0.906 bits per heavy atom. The van der Waals surface area contributed by atoms with Crippen molar-refractivity contribution in [1.82, 2.24) is 0 Å². The number of rotatable bonds is 10. The van der Waals surface area contributed by atoms with Crippen molar-refractivity contribution in [3.8, 4) is 0 Å². The molecule has 0 radical (unpaired) electrons. The Kier molecular flexibility index (Phi) is 20.6. The largest absolute Gasteiger partial charge is 4.00 e. The Morgan fingerprint density at radius 3 is 1.15 bits per heavy atom. The van der Waals surface area contributed by atoms with E-state index in [1.54, 1.807) is 0 Å². The molecule has 0 aromatic heterocycles. The van der Waals surface area contributed by atoms with E-state index in [2.05, 4.69) is 122 Å². The molecule has 4 aromatic carbocycles. The molecule has 0 N–H and O–H groups in total. The molecule has 2 nitrogen and oxygen atoms in total. The molecule has 6 rings (SSSR count). The summed E-state index contributed by atoms with van der Waals surface area (Å²) in [6.45, 7) is 13.9. The molecule has 0 unspecified atom stereocenters. The standard InChI is InChI=1S/2C18H20F2N.2C5H5.Ti/c2*1-13(2)21(17-8-4-14(3)5-9-17)11-10-15-6-7-16(19)12-18(15)20;2*1-2-4-5-3-1;/h2*4-9,13H,10-11H2,1-3H3;2*1-3H,4H2;/q4*-1;+4. The van der Waals surface area contributed by atoms with E-state index < -0.39 is 23.3 Å². The third kappa shape index (κ3) is 16.6. The SMILES string of the molecule is Cc1ccc(N(CCc2ccc(F)[c-]c2F)C(C)C)cc1.Cc1ccc(N(CCc2ccc(F)[c-]c2F)C(C)C)cc1.[C-]1=CC=CC1.[C-]1=CC=CC1.[Ti+4]. The summed E-state index contributed by atoms with van der Waals surface area (Å²) >= 11 is 0. The molecule has 0 bridgehead atoms. The zero-order chi connectivity index (χ0) is 37.9. The first kappa shape index (κ1) is 45.0. The maximum absolute atomic E-state index is 13.6. The van der Waals surface area contributed by atoms with Crippen LogP contribution in [-0.2, 0) is 34.6 Å². The molecule has 0 aliphatic heterocycles. The van der Waals surface area contributed by atoms with Gasteiger partial charge in [-0.15, -0.1) is 48.2 Å². The molecular formula is C46H50F4N2Ti. The molecule has 2 aliphatic carbocycles. The maximum Gasteiger partial charge on any atom is 4.00 e. The molecule has 0 saturated heterocycles. The number of anilines is 2. The van der Waals surface area contributed by atoms with Crippen LogP contribution in [0.15, 0.2) is 109 Å². The Morgan fingerprint density at radius 1 is 0.547 bits per heavy atom. The minimum atomic E-state index is -0.657. The van der Waals surface area contributed by atoms with Gasteiger partial charge in [0, 0.05) is 59.8 Å². The molecule has 0 saturated carbocycles. The van der Waals surface area contributed by atoms with E-state index in [1.807, 2.05) is 38.2 Å². The van der Waals surface area contributed by atoms with Crippen LogP contribution >= 0.6 is 0 Å². The molecule has 0 spiro atoms. The van der Waals surface area contributed by atoms with Crippen molar-refractivity contribution in [2.45, 2.75) is 79.3 Å². The van der Waals surface area contributed by atoms with Crippen LogP contribution in [-0.4, -0.2) is 25.2 Å². The molecule has 276 valence electrons. The number of nitrogens with zero attached hydrogens (tertiary/aromatic N) is 2. The topological polar surface area (TPSA) is 6.48 Å². The van der Waals surface area contributed by atoms with Crippen molar-refractivity contribution in [1.29, 1.82) is 0 Å². The van der Waals surface area contributed by atoms with Gasteiger partial charge in [-0.25, -0.2) is 41.9 Å². The first-order valence-corrected chi connectivity index (χ1v) is 17.8. The minimum absolute atomic E-state index is 0. The Balaban J connectivity index is 0.000000285. The van der Waals surface area contributed by atoms with E-state index in [-0.39, 0.29) is 21.7 Å². The molecule has 0 heterocycles. The number of aryl methyl sites for hydroxylation is 2. The van der Waals surface area contributed by atoms with Gasteiger partial charge in [0.2, 0.25) is 0 Å². The summed E-state index contributed by atoms with van der Waals surface area (Å²) in [7, 11) is 0. The van der Waals surface area contributed by atoms with Crippen LogP contribution in [0.4, 0.5) is 28.9 Å². The van der Waals surface area contributed by atoms with Crippen molar-refractivity contribution in [3.05, 3.63) is 179 Å². The van der Waals surface area contributed by atoms with Gasteiger partial charge in [-0.05, 0) is 65.8 Å². The minimum Gasteiger partial charge on any atom is -0.370 e. The Labute approximate surface area is 330 Å². The Bertz CT molecular complexity index is 1610. The molecule has 0 amide bonds. The summed E-state index contributed by atoms with van der Waals surface area (Å²) in [6, 6.07) is 26.8. The van der Waals surface area contributed by atoms with E-state index in [9.17, 15) is 17.6 Å². The summed E-state index contributed by atoms with van der Waals surface area (Å²) in [5, 5.41) is 0. The second-order valence-corrected chi connectivity index (χ2v) is 13.0. The molecule has 2 aliphatic rings. The van der Waals surface area contributed by atoms with Crippen LogP contribution in [0.3, 0.4) is 0 Å². The number of hydrogen-bond acceptors (Lipinski definition) is 2. The van der Waals surface area contributed by atoms with Gasteiger partial charge in [0.25, 0.3) is 0 Å². The van der Waals surface area contributed by atoms with Gasteiger partial charge in [0.15, 0.2) is 0 Å². The quantitative estimate of drug-likeness (QED) is 0.0904. The van der Waals surface area contributed by atoms with E-state index >= 15 is 0 Å². The zero-order valence-corrected chi connectivity index (χ0v) is 33.3. The number of hydrogen-bond donors (Lipinski definition) is 0. The van der Waals surface area contributed by atoms with E-state index in [4.69, 9.17) is 0 Å². The summed E-state index contributed by atoms with van der Waals surface area (Å²) in [5.41, 5.74) is 5.63. The van der Waals surface area contributed by atoms with Crippen molar-refractivity contribution in [2.24, 2.45) is 0 Å². The summed E-state index contributed by atoms with van der Waals surface area (Å²) < 4.78 is 53.0. The second kappa shape index (κ2) is 24.2. The van der Waals surface area contributed by atoms with E-state index in [1.165, 1.54) is 35.4 Å². The number of allylic oxidation sites excluding steroid dienone is 8. The summed E-state index contributed by atoms with van der Waals surface area (Å²) in [4.78, 5) is 4.42. The van der Waals surface area contributed by atoms with E-state index in [0.29, 0.717) is 49.1 Å². The van der Waals surface area contributed by atoms with Gasteiger partial charge in [-0.3, -0.25) is 12.2 Å². The normalized spacial score (nSPS) is 12.0. The second-order valence-electron chi connectivity index (χ2n) is 13.0.